The summed E-state index contributed by atoms with van der Waals surface area (Å²) < 4.78 is 4.91. The minimum Gasteiger partial charge on any atom is -0.481 e. The Morgan fingerprint density at radius 3 is 2.93 bits per heavy atom. The number of hydrogen-bond donors (Lipinski definition) is 3. The molecule has 0 aliphatic carbocycles. The maximum atomic E-state index is 5.35. The molecule has 0 bridgehead atoms. The lowest BCUT2D eigenvalue weighted by Crippen LogP contribution is -2.37. The van der Waals surface area contributed by atoms with Crippen molar-refractivity contribution in [2.24, 2.45) is 16.6 Å². The second-order valence-electron chi connectivity index (χ2n) is 2.55. The summed E-state index contributed by atoms with van der Waals surface area (Å²) >= 11 is 0. The van der Waals surface area contributed by atoms with Gasteiger partial charge in [-0.25, -0.2) is 15.8 Å². The van der Waals surface area contributed by atoms with Crippen LogP contribution in [0.3, 0.4) is 0 Å². The van der Waals surface area contributed by atoms with Gasteiger partial charge < -0.3 is 10.5 Å². The van der Waals surface area contributed by atoms with Crippen molar-refractivity contribution in [3.63, 3.8) is 0 Å². The van der Waals surface area contributed by atoms with E-state index in [1.165, 1.54) is 0 Å². The summed E-state index contributed by atoms with van der Waals surface area (Å²) in [7, 11) is 1.57. The Hall–Kier alpha value is -1.82. The van der Waals surface area contributed by atoms with E-state index in [1.807, 2.05) is 6.07 Å². The van der Waals surface area contributed by atoms with E-state index in [1.54, 1.807) is 19.4 Å². The van der Waals surface area contributed by atoms with Crippen molar-refractivity contribution in [2.45, 2.75) is 6.54 Å². The van der Waals surface area contributed by atoms with Crippen LogP contribution in [0.25, 0.3) is 0 Å². The predicted octanol–water partition coefficient (Wildman–Crippen LogP) is -0.632. The van der Waals surface area contributed by atoms with Crippen LogP contribution in [0.5, 0.6) is 5.88 Å². The van der Waals surface area contributed by atoms with Gasteiger partial charge in [-0.05, 0) is 5.56 Å². The van der Waals surface area contributed by atoms with Crippen LogP contribution in [0, 0.1) is 0 Å². The molecule has 0 unspecified atom stereocenters. The first-order valence-corrected chi connectivity index (χ1v) is 4.01. The molecule has 0 atom stereocenters. The molecule has 0 amide bonds. The van der Waals surface area contributed by atoms with Gasteiger partial charge in [0, 0.05) is 12.3 Å². The van der Waals surface area contributed by atoms with Crippen LogP contribution in [0.15, 0.2) is 23.3 Å². The van der Waals surface area contributed by atoms with E-state index in [4.69, 9.17) is 16.3 Å². The molecule has 0 radical (unpaired) electrons. The van der Waals surface area contributed by atoms with Gasteiger partial charge in [0.25, 0.3) is 0 Å². The minimum absolute atomic E-state index is 0.195. The lowest BCUT2D eigenvalue weighted by Gasteiger charge is -2.00. The van der Waals surface area contributed by atoms with E-state index < -0.39 is 0 Å². The molecule has 6 heteroatoms. The highest BCUT2D eigenvalue weighted by Gasteiger charge is 1.94. The molecular formula is C8H13N5O. The molecule has 14 heavy (non-hydrogen) atoms. The van der Waals surface area contributed by atoms with Crippen molar-refractivity contribution in [3.05, 3.63) is 23.9 Å². The number of hydrazine groups is 1. The fourth-order valence-electron chi connectivity index (χ4n) is 0.847. The number of nitrogens with two attached hydrogens (primary N) is 2. The number of nitrogens with one attached hydrogen (secondary N) is 1. The number of methoxy groups -OCH3 is 1. The van der Waals surface area contributed by atoms with Gasteiger partial charge in [0.05, 0.1) is 13.7 Å². The third-order valence-electron chi connectivity index (χ3n) is 1.59. The Kier molecular flexibility index (Phi) is 3.69. The lowest BCUT2D eigenvalue weighted by atomic mass is 10.3. The summed E-state index contributed by atoms with van der Waals surface area (Å²) in [5, 5.41) is 0. The van der Waals surface area contributed by atoms with E-state index in [0.29, 0.717) is 12.4 Å². The first-order chi connectivity index (χ1) is 6.76. The second-order valence-corrected chi connectivity index (χ2v) is 2.55. The van der Waals surface area contributed by atoms with Gasteiger partial charge in [-0.1, -0.05) is 6.07 Å². The first-order valence-electron chi connectivity index (χ1n) is 4.01. The van der Waals surface area contributed by atoms with Gasteiger partial charge in [-0.15, -0.1) is 0 Å². The fourth-order valence-corrected chi connectivity index (χ4v) is 0.847. The highest BCUT2D eigenvalue weighted by molar-refractivity contribution is 5.77. The average molecular weight is 195 g/mol. The summed E-state index contributed by atoms with van der Waals surface area (Å²) in [5.74, 6) is 5.81. The van der Waals surface area contributed by atoms with Crippen LogP contribution in [0.1, 0.15) is 5.56 Å². The van der Waals surface area contributed by atoms with Crippen LogP contribution in [0.2, 0.25) is 0 Å². The van der Waals surface area contributed by atoms with Crippen molar-refractivity contribution in [3.8, 4) is 5.88 Å². The number of aliphatic imine (C=N–C) groups is 1. The smallest absolute Gasteiger partial charge is 0.212 e. The molecule has 0 aromatic carbocycles. The van der Waals surface area contributed by atoms with Crippen molar-refractivity contribution < 1.29 is 4.74 Å². The zero-order valence-electron chi connectivity index (χ0n) is 7.90. The number of guanidine groups is 1. The summed E-state index contributed by atoms with van der Waals surface area (Å²) in [6, 6.07) is 3.62. The Balaban J connectivity index is 2.60. The average Bonchev–Trinajstić information content (AvgIpc) is 2.26. The zero-order valence-corrected chi connectivity index (χ0v) is 7.90. The van der Waals surface area contributed by atoms with Gasteiger partial charge in [0.2, 0.25) is 11.8 Å². The van der Waals surface area contributed by atoms with Gasteiger partial charge in [-0.2, -0.15) is 0 Å². The number of rotatable bonds is 3. The standard InChI is InChI=1S/C8H13N5O/c1-14-7-3-2-6(4-11-7)5-12-8(9)13-10/h2-4H,5,10H2,1H3,(H3,9,12,13). The molecule has 1 rings (SSSR count). The summed E-state index contributed by atoms with van der Waals surface area (Å²) in [6.07, 6.45) is 1.67. The topological polar surface area (TPSA) is 98.5 Å². The van der Waals surface area contributed by atoms with Crippen LogP contribution in [-0.4, -0.2) is 18.1 Å². The second kappa shape index (κ2) is 5.03. The largest absolute Gasteiger partial charge is 0.481 e. The minimum atomic E-state index is 0.195. The zero-order chi connectivity index (χ0) is 10.4. The SMILES string of the molecule is COc1ccc(CN=C(N)NN)cn1. The van der Waals surface area contributed by atoms with E-state index in [-0.39, 0.29) is 5.96 Å². The molecule has 0 fully saturated rings. The van der Waals surface area contributed by atoms with Crippen molar-refractivity contribution in [1.29, 1.82) is 0 Å². The van der Waals surface area contributed by atoms with E-state index >= 15 is 0 Å². The Morgan fingerprint density at radius 2 is 2.43 bits per heavy atom. The highest BCUT2D eigenvalue weighted by atomic mass is 16.5. The molecule has 1 aromatic rings. The fraction of sp³-hybridized carbons (Fsp3) is 0.250. The molecule has 0 aliphatic heterocycles. The molecule has 5 N–H and O–H groups in total. The Labute approximate surface area is 82.0 Å². The van der Waals surface area contributed by atoms with Gasteiger partial charge in [0.1, 0.15) is 0 Å². The number of nitrogens with zero attached hydrogens (tertiary/aromatic N) is 2. The van der Waals surface area contributed by atoms with Crippen molar-refractivity contribution in [2.75, 3.05) is 7.11 Å². The van der Waals surface area contributed by atoms with Crippen molar-refractivity contribution >= 4 is 5.96 Å². The molecule has 76 valence electrons. The molecule has 1 aromatic heterocycles. The summed E-state index contributed by atoms with van der Waals surface area (Å²) in [6.45, 7) is 0.438. The summed E-state index contributed by atoms with van der Waals surface area (Å²) in [4.78, 5) is 7.96. The quantitative estimate of drug-likeness (QED) is 0.258. The van der Waals surface area contributed by atoms with E-state index in [2.05, 4.69) is 15.4 Å². The third-order valence-corrected chi connectivity index (χ3v) is 1.59. The van der Waals surface area contributed by atoms with Gasteiger partial charge >= 0.3 is 0 Å². The maximum absolute atomic E-state index is 5.35. The first kappa shape index (κ1) is 10.3. The molecule has 0 saturated heterocycles. The Morgan fingerprint density at radius 1 is 1.64 bits per heavy atom. The lowest BCUT2D eigenvalue weighted by molar-refractivity contribution is 0.397. The molecule has 0 aliphatic rings. The van der Waals surface area contributed by atoms with Crippen LogP contribution < -0.4 is 21.7 Å². The van der Waals surface area contributed by atoms with Crippen LogP contribution in [0.4, 0.5) is 0 Å². The summed E-state index contributed by atoms with van der Waals surface area (Å²) in [5.41, 5.74) is 8.52. The molecular weight excluding hydrogens is 182 g/mol. The molecule has 1 heterocycles. The number of aromatic nitrogens is 1. The van der Waals surface area contributed by atoms with E-state index in [9.17, 15) is 0 Å². The number of hydrogen-bond acceptors (Lipinski definition) is 4. The number of pyridine rings is 1. The monoisotopic (exact) mass is 195 g/mol. The predicted molar refractivity (Wildman–Crippen MR) is 53.4 cm³/mol. The molecule has 0 saturated carbocycles. The number of ether oxygens (including phenoxy) is 1. The van der Waals surface area contributed by atoms with E-state index in [0.717, 1.165) is 5.56 Å². The molecule has 6 nitrogen and oxygen atoms in total. The van der Waals surface area contributed by atoms with Gasteiger partial charge in [-0.3, -0.25) is 5.43 Å². The van der Waals surface area contributed by atoms with Crippen LogP contribution >= 0.6 is 0 Å². The van der Waals surface area contributed by atoms with Crippen LogP contribution in [-0.2, 0) is 6.54 Å². The highest BCUT2D eigenvalue weighted by Crippen LogP contribution is 2.06. The van der Waals surface area contributed by atoms with Crippen molar-refractivity contribution in [1.82, 2.24) is 10.4 Å². The maximum Gasteiger partial charge on any atom is 0.212 e. The Bertz CT molecular complexity index is 308. The van der Waals surface area contributed by atoms with Gasteiger partial charge in [0.15, 0.2) is 0 Å². The third kappa shape index (κ3) is 2.91. The molecule has 0 spiro atoms. The normalized spacial score (nSPS) is 11.1.